The second-order valence-electron chi connectivity index (χ2n) is 3.87. The molecule has 0 saturated carbocycles. The van der Waals surface area contributed by atoms with Crippen molar-refractivity contribution in [2.24, 2.45) is 0 Å². The van der Waals surface area contributed by atoms with Crippen molar-refractivity contribution in [3.63, 3.8) is 0 Å². The molecule has 1 saturated heterocycles. The lowest BCUT2D eigenvalue weighted by molar-refractivity contribution is -0.197. The van der Waals surface area contributed by atoms with E-state index >= 15 is 0 Å². The largest absolute Gasteiger partial charge is 0.333 e. The number of hydrogen-bond donors (Lipinski definition) is 0. The van der Waals surface area contributed by atoms with Crippen molar-refractivity contribution in [3.05, 3.63) is 30.1 Å². The number of pyridine rings is 1. The Bertz CT molecular complexity index is 456. The van der Waals surface area contributed by atoms with Crippen LogP contribution in [-0.4, -0.2) is 27.8 Å². The van der Waals surface area contributed by atoms with Gasteiger partial charge in [-0.2, -0.15) is 0 Å². The van der Waals surface area contributed by atoms with Crippen LogP contribution in [0.5, 0.6) is 0 Å². The average Bonchev–Trinajstić information content (AvgIpc) is 2.69. The summed E-state index contributed by atoms with van der Waals surface area (Å²) in [5.41, 5.74) is 0.758. The van der Waals surface area contributed by atoms with E-state index in [4.69, 9.17) is 4.84 Å². The number of aromatic nitrogens is 1. The maximum absolute atomic E-state index is 11.5. The molecule has 2 rings (SSSR count). The molecular weight excluding hydrogens is 236 g/mol. The first-order chi connectivity index (χ1) is 8.66. The zero-order valence-corrected chi connectivity index (χ0v) is 9.67. The minimum Gasteiger partial charge on any atom is -0.330 e. The number of hydroxylamine groups is 2. The van der Waals surface area contributed by atoms with Gasteiger partial charge in [-0.25, -0.2) is 4.79 Å². The summed E-state index contributed by atoms with van der Waals surface area (Å²) in [6.07, 6.45) is 2.33. The highest BCUT2D eigenvalue weighted by atomic mass is 16.7. The molecule has 1 aliphatic rings. The van der Waals surface area contributed by atoms with Gasteiger partial charge in [-0.15, -0.1) is 5.06 Å². The number of carbonyl (C=O) groups excluding carboxylic acids is 3. The summed E-state index contributed by atoms with van der Waals surface area (Å²) in [4.78, 5) is 42.7. The van der Waals surface area contributed by atoms with Crippen LogP contribution in [0.25, 0.3) is 0 Å². The molecule has 0 bridgehead atoms. The van der Waals surface area contributed by atoms with Crippen LogP contribution in [-0.2, 0) is 25.6 Å². The van der Waals surface area contributed by atoms with Crippen molar-refractivity contribution in [3.8, 4) is 0 Å². The van der Waals surface area contributed by atoms with Crippen molar-refractivity contribution in [1.29, 1.82) is 0 Å². The second-order valence-corrected chi connectivity index (χ2v) is 3.87. The van der Waals surface area contributed by atoms with Gasteiger partial charge in [0.1, 0.15) is 0 Å². The van der Waals surface area contributed by atoms with Crippen molar-refractivity contribution in [2.45, 2.75) is 25.7 Å². The minimum atomic E-state index is -0.607. The Morgan fingerprint density at radius 1 is 1.28 bits per heavy atom. The molecule has 2 heterocycles. The first kappa shape index (κ1) is 12.2. The Morgan fingerprint density at radius 3 is 2.61 bits per heavy atom. The summed E-state index contributed by atoms with van der Waals surface area (Å²) in [5.74, 6) is -1.54. The molecule has 0 radical (unpaired) electrons. The van der Waals surface area contributed by atoms with E-state index in [1.165, 1.54) is 0 Å². The number of carbonyl (C=O) groups is 3. The standard InChI is InChI=1S/C12H12N2O4/c15-10-5-6-11(16)14(10)18-12(17)7-4-9-3-1-2-8-13-9/h1-3,8H,4-7H2. The number of imide groups is 1. The van der Waals surface area contributed by atoms with Crippen molar-refractivity contribution >= 4 is 17.8 Å². The molecule has 1 aliphatic heterocycles. The summed E-state index contributed by atoms with van der Waals surface area (Å²) in [6, 6.07) is 5.39. The number of aryl methyl sites for hydroxylation is 1. The maximum Gasteiger partial charge on any atom is 0.333 e. The molecule has 6 heteroatoms. The highest BCUT2D eigenvalue weighted by Gasteiger charge is 2.32. The fourth-order valence-corrected chi connectivity index (χ4v) is 1.58. The van der Waals surface area contributed by atoms with E-state index in [0.29, 0.717) is 11.5 Å². The zero-order valence-electron chi connectivity index (χ0n) is 9.67. The van der Waals surface area contributed by atoms with Gasteiger partial charge in [0.25, 0.3) is 11.8 Å². The quantitative estimate of drug-likeness (QED) is 0.730. The molecule has 1 aromatic rings. The predicted octanol–water partition coefficient (Wildman–Crippen LogP) is 0.621. The van der Waals surface area contributed by atoms with Crippen molar-refractivity contribution in [2.75, 3.05) is 0 Å². The van der Waals surface area contributed by atoms with Crippen LogP contribution in [0.3, 0.4) is 0 Å². The summed E-state index contributed by atoms with van der Waals surface area (Å²) in [6.45, 7) is 0. The lowest BCUT2D eigenvalue weighted by Gasteiger charge is -2.12. The highest BCUT2D eigenvalue weighted by molar-refractivity contribution is 6.01. The molecule has 0 unspecified atom stereocenters. The summed E-state index contributed by atoms with van der Waals surface area (Å²) in [5, 5.41) is 0.556. The van der Waals surface area contributed by atoms with E-state index in [2.05, 4.69) is 4.98 Å². The minimum absolute atomic E-state index is 0.0775. The third-order valence-corrected chi connectivity index (χ3v) is 2.51. The summed E-state index contributed by atoms with van der Waals surface area (Å²) >= 11 is 0. The topological polar surface area (TPSA) is 76.6 Å². The van der Waals surface area contributed by atoms with Crippen LogP contribution >= 0.6 is 0 Å². The zero-order chi connectivity index (χ0) is 13.0. The molecule has 0 atom stereocenters. The summed E-state index contributed by atoms with van der Waals surface area (Å²) in [7, 11) is 0. The van der Waals surface area contributed by atoms with Crippen molar-refractivity contribution in [1.82, 2.24) is 10.0 Å². The van der Waals surface area contributed by atoms with Gasteiger partial charge >= 0.3 is 5.97 Å². The Morgan fingerprint density at radius 2 is 2.00 bits per heavy atom. The van der Waals surface area contributed by atoms with Gasteiger partial charge in [-0.1, -0.05) is 6.07 Å². The van der Waals surface area contributed by atoms with Crippen LogP contribution in [0.1, 0.15) is 25.0 Å². The molecule has 0 N–H and O–H groups in total. The number of rotatable bonds is 4. The van der Waals surface area contributed by atoms with Crippen LogP contribution in [0.4, 0.5) is 0 Å². The maximum atomic E-state index is 11.5. The van der Waals surface area contributed by atoms with E-state index in [-0.39, 0.29) is 19.3 Å². The molecule has 1 aromatic heterocycles. The van der Waals surface area contributed by atoms with Gasteiger partial charge in [-0.05, 0) is 12.1 Å². The van der Waals surface area contributed by atoms with Gasteiger partial charge in [0, 0.05) is 31.2 Å². The Kier molecular flexibility index (Phi) is 3.66. The van der Waals surface area contributed by atoms with E-state index < -0.39 is 17.8 Å². The molecule has 2 amide bonds. The first-order valence-corrected chi connectivity index (χ1v) is 5.63. The average molecular weight is 248 g/mol. The Balaban J connectivity index is 1.82. The highest BCUT2D eigenvalue weighted by Crippen LogP contribution is 2.13. The first-order valence-electron chi connectivity index (χ1n) is 5.63. The normalized spacial score (nSPS) is 15.0. The molecule has 1 fully saturated rings. The van der Waals surface area contributed by atoms with Crippen LogP contribution in [0.2, 0.25) is 0 Å². The van der Waals surface area contributed by atoms with Gasteiger partial charge in [0.15, 0.2) is 0 Å². The lowest BCUT2D eigenvalue weighted by Crippen LogP contribution is -2.32. The molecule has 0 aromatic carbocycles. The Labute approximate surface area is 104 Å². The third kappa shape index (κ3) is 2.91. The lowest BCUT2D eigenvalue weighted by atomic mass is 10.2. The van der Waals surface area contributed by atoms with Gasteiger partial charge < -0.3 is 4.84 Å². The fourth-order valence-electron chi connectivity index (χ4n) is 1.58. The van der Waals surface area contributed by atoms with Crippen LogP contribution in [0, 0.1) is 0 Å². The smallest absolute Gasteiger partial charge is 0.330 e. The van der Waals surface area contributed by atoms with E-state index in [0.717, 1.165) is 5.69 Å². The second kappa shape index (κ2) is 5.39. The molecule has 0 spiro atoms. The van der Waals surface area contributed by atoms with E-state index in [1.807, 2.05) is 6.07 Å². The molecule has 0 aliphatic carbocycles. The number of hydrogen-bond acceptors (Lipinski definition) is 5. The predicted molar refractivity (Wildman–Crippen MR) is 59.7 cm³/mol. The molecule has 94 valence electrons. The number of nitrogens with zero attached hydrogens (tertiary/aromatic N) is 2. The molecule has 6 nitrogen and oxygen atoms in total. The Hall–Kier alpha value is -2.24. The fraction of sp³-hybridized carbons (Fsp3) is 0.333. The third-order valence-electron chi connectivity index (χ3n) is 2.51. The molecule has 18 heavy (non-hydrogen) atoms. The van der Waals surface area contributed by atoms with Gasteiger partial charge in [0.05, 0.1) is 6.42 Å². The monoisotopic (exact) mass is 248 g/mol. The summed E-state index contributed by atoms with van der Waals surface area (Å²) < 4.78 is 0. The molecular formula is C12H12N2O4. The van der Waals surface area contributed by atoms with Crippen molar-refractivity contribution < 1.29 is 19.2 Å². The van der Waals surface area contributed by atoms with Gasteiger partial charge in [0.2, 0.25) is 0 Å². The van der Waals surface area contributed by atoms with Crippen LogP contribution < -0.4 is 0 Å². The van der Waals surface area contributed by atoms with Gasteiger partial charge in [-0.3, -0.25) is 14.6 Å². The number of amides is 2. The van der Waals surface area contributed by atoms with E-state index in [1.54, 1.807) is 18.3 Å². The van der Waals surface area contributed by atoms with E-state index in [9.17, 15) is 14.4 Å². The SMILES string of the molecule is O=C(CCc1ccccn1)ON1C(=O)CCC1=O. The van der Waals surface area contributed by atoms with Crippen LogP contribution in [0.15, 0.2) is 24.4 Å².